The topological polar surface area (TPSA) is 97.6 Å². The van der Waals surface area contributed by atoms with E-state index in [0.717, 1.165) is 11.1 Å². The Labute approximate surface area is 173 Å². The molecule has 3 N–H and O–H groups in total. The third-order valence-corrected chi connectivity index (χ3v) is 4.29. The summed E-state index contributed by atoms with van der Waals surface area (Å²) in [6.07, 6.45) is 2.18. The van der Waals surface area contributed by atoms with E-state index in [1.807, 2.05) is 0 Å². The van der Waals surface area contributed by atoms with Gasteiger partial charge in [-0.2, -0.15) is 0 Å². The second-order valence-electron chi connectivity index (χ2n) is 6.18. The number of anilines is 2. The molecule has 0 unspecified atom stereocenters. The number of nitrogens with two attached hydrogens (primary N) is 1. The van der Waals surface area contributed by atoms with Crippen molar-refractivity contribution < 1.29 is 14.4 Å². The monoisotopic (exact) mass is 410 g/mol. The Hall–Kier alpha value is -3.42. The molecule has 1 aromatic heterocycles. The molecule has 0 radical (unpaired) electrons. The molecular weight excluding hydrogens is 392 g/mol. The minimum atomic E-state index is -0.270. The fraction of sp³-hybridized carbons (Fsp3) is 0.0952. The summed E-state index contributed by atoms with van der Waals surface area (Å²) in [6, 6.07) is 17.3. The van der Waals surface area contributed by atoms with Gasteiger partial charge in [0.2, 0.25) is 6.41 Å². The standard InChI is InChI=1S/C21H19ClN4O3/c22-20-10-7-16(11-24-20)13-29-26(14-27)12-15-5-8-17(9-6-15)21(28)25-19-4-2-1-3-18(19)23/h1-11,14H,12-13,23H2,(H,25,28). The van der Waals surface area contributed by atoms with Crippen molar-refractivity contribution in [3.63, 3.8) is 0 Å². The average molecular weight is 411 g/mol. The number of halogens is 1. The molecule has 2 amide bonds. The molecule has 3 aromatic rings. The van der Waals surface area contributed by atoms with Crippen LogP contribution in [-0.2, 0) is 22.8 Å². The Morgan fingerprint density at radius 3 is 2.48 bits per heavy atom. The summed E-state index contributed by atoms with van der Waals surface area (Å²) in [7, 11) is 0. The molecule has 0 aliphatic carbocycles. The fourth-order valence-electron chi connectivity index (χ4n) is 2.51. The van der Waals surface area contributed by atoms with Crippen molar-refractivity contribution in [2.45, 2.75) is 13.2 Å². The highest BCUT2D eigenvalue weighted by Gasteiger charge is 2.09. The van der Waals surface area contributed by atoms with E-state index in [9.17, 15) is 9.59 Å². The van der Waals surface area contributed by atoms with Gasteiger partial charge in [-0.3, -0.25) is 14.4 Å². The van der Waals surface area contributed by atoms with E-state index in [4.69, 9.17) is 22.2 Å². The highest BCUT2D eigenvalue weighted by molar-refractivity contribution is 6.29. The molecule has 148 valence electrons. The molecule has 0 bridgehead atoms. The summed E-state index contributed by atoms with van der Waals surface area (Å²) in [4.78, 5) is 33.1. The van der Waals surface area contributed by atoms with Crippen molar-refractivity contribution in [3.8, 4) is 0 Å². The first-order chi connectivity index (χ1) is 14.0. The number of nitrogens with zero attached hydrogens (tertiary/aromatic N) is 2. The van der Waals surface area contributed by atoms with Crippen LogP contribution >= 0.6 is 11.6 Å². The van der Waals surface area contributed by atoms with E-state index in [0.29, 0.717) is 28.5 Å². The van der Waals surface area contributed by atoms with Gasteiger partial charge < -0.3 is 11.1 Å². The molecule has 0 spiro atoms. The van der Waals surface area contributed by atoms with Crippen molar-refractivity contribution in [2.75, 3.05) is 11.1 Å². The van der Waals surface area contributed by atoms with Crippen molar-refractivity contribution in [1.82, 2.24) is 10.0 Å². The first-order valence-corrected chi connectivity index (χ1v) is 9.13. The highest BCUT2D eigenvalue weighted by Crippen LogP contribution is 2.18. The van der Waals surface area contributed by atoms with Gasteiger partial charge in [-0.05, 0) is 41.5 Å². The number of rotatable bonds is 8. The number of hydrogen-bond donors (Lipinski definition) is 2. The molecule has 8 heteroatoms. The van der Waals surface area contributed by atoms with Gasteiger partial charge >= 0.3 is 0 Å². The Balaban J connectivity index is 1.57. The van der Waals surface area contributed by atoms with E-state index in [1.54, 1.807) is 66.9 Å². The summed E-state index contributed by atoms with van der Waals surface area (Å²) in [6.45, 7) is 0.417. The number of nitrogen functional groups attached to an aromatic ring is 1. The van der Waals surface area contributed by atoms with Crippen LogP contribution in [0.5, 0.6) is 0 Å². The maximum Gasteiger partial charge on any atom is 0.255 e. The number of amides is 2. The van der Waals surface area contributed by atoms with Crippen LogP contribution in [0.15, 0.2) is 66.9 Å². The largest absolute Gasteiger partial charge is 0.397 e. The van der Waals surface area contributed by atoms with E-state index in [2.05, 4.69) is 10.3 Å². The molecule has 0 aliphatic rings. The predicted molar refractivity (Wildman–Crippen MR) is 111 cm³/mol. The van der Waals surface area contributed by atoms with Crippen LogP contribution in [-0.4, -0.2) is 22.4 Å². The van der Waals surface area contributed by atoms with Crippen molar-refractivity contribution in [2.24, 2.45) is 0 Å². The van der Waals surface area contributed by atoms with Crippen LogP contribution in [0.1, 0.15) is 21.5 Å². The minimum absolute atomic E-state index is 0.182. The second-order valence-corrected chi connectivity index (χ2v) is 6.57. The smallest absolute Gasteiger partial charge is 0.255 e. The first-order valence-electron chi connectivity index (χ1n) is 8.75. The molecule has 2 aromatic carbocycles. The number of hydroxylamine groups is 2. The van der Waals surface area contributed by atoms with E-state index in [1.165, 1.54) is 5.06 Å². The molecule has 3 rings (SSSR count). The van der Waals surface area contributed by atoms with Gasteiger partial charge in [-0.1, -0.05) is 41.9 Å². The third kappa shape index (κ3) is 5.78. The number of nitrogens with one attached hydrogen (secondary N) is 1. The molecular formula is C21H19ClN4O3. The van der Waals surface area contributed by atoms with E-state index in [-0.39, 0.29) is 19.1 Å². The van der Waals surface area contributed by atoms with Crippen LogP contribution in [0.3, 0.4) is 0 Å². The minimum Gasteiger partial charge on any atom is -0.397 e. The number of hydrogen-bond acceptors (Lipinski definition) is 5. The molecule has 1 heterocycles. The molecule has 0 saturated heterocycles. The summed E-state index contributed by atoms with van der Waals surface area (Å²) in [5.41, 5.74) is 8.96. The van der Waals surface area contributed by atoms with Crippen molar-refractivity contribution in [1.29, 1.82) is 0 Å². The zero-order valence-electron chi connectivity index (χ0n) is 15.4. The Kier molecular flexibility index (Phi) is 6.78. The quantitative estimate of drug-likeness (QED) is 0.255. The van der Waals surface area contributed by atoms with Crippen molar-refractivity contribution in [3.05, 3.63) is 88.7 Å². The summed E-state index contributed by atoms with van der Waals surface area (Å²) < 4.78 is 0. The Morgan fingerprint density at radius 1 is 1.10 bits per heavy atom. The van der Waals surface area contributed by atoms with Gasteiger partial charge in [0.1, 0.15) is 11.8 Å². The van der Waals surface area contributed by atoms with Crippen LogP contribution < -0.4 is 11.1 Å². The first kappa shape index (κ1) is 20.3. The summed E-state index contributed by atoms with van der Waals surface area (Å²) >= 11 is 5.74. The lowest BCUT2D eigenvalue weighted by molar-refractivity contribution is -0.181. The van der Waals surface area contributed by atoms with Gasteiger partial charge in [0.15, 0.2) is 0 Å². The lowest BCUT2D eigenvalue weighted by atomic mass is 10.1. The molecule has 0 aliphatic heterocycles. The van der Waals surface area contributed by atoms with Crippen LogP contribution in [0.25, 0.3) is 0 Å². The van der Waals surface area contributed by atoms with Gasteiger partial charge in [0.05, 0.1) is 17.9 Å². The fourth-order valence-corrected chi connectivity index (χ4v) is 2.62. The Bertz CT molecular complexity index is 978. The SMILES string of the molecule is Nc1ccccc1NC(=O)c1ccc(CN(C=O)OCc2ccc(Cl)nc2)cc1. The number of para-hydroxylation sites is 2. The van der Waals surface area contributed by atoms with Gasteiger partial charge in [-0.15, -0.1) is 0 Å². The van der Waals surface area contributed by atoms with E-state index < -0.39 is 0 Å². The maximum atomic E-state index is 12.4. The maximum absolute atomic E-state index is 12.4. The molecule has 29 heavy (non-hydrogen) atoms. The number of benzene rings is 2. The molecule has 0 saturated carbocycles. The molecule has 0 atom stereocenters. The second kappa shape index (κ2) is 9.68. The predicted octanol–water partition coefficient (Wildman–Crippen LogP) is 3.66. The van der Waals surface area contributed by atoms with Gasteiger partial charge in [-0.25, -0.2) is 10.0 Å². The Morgan fingerprint density at radius 2 is 1.83 bits per heavy atom. The third-order valence-electron chi connectivity index (χ3n) is 4.07. The van der Waals surface area contributed by atoms with E-state index >= 15 is 0 Å². The number of aromatic nitrogens is 1. The van der Waals surface area contributed by atoms with Crippen LogP contribution in [0, 0.1) is 0 Å². The van der Waals surface area contributed by atoms with Gasteiger partial charge in [0, 0.05) is 11.8 Å². The number of carbonyl (C=O) groups excluding carboxylic acids is 2. The number of carbonyl (C=O) groups is 2. The van der Waals surface area contributed by atoms with Crippen LogP contribution in [0.2, 0.25) is 5.15 Å². The highest BCUT2D eigenvalue weighted by atomic mass is 35.5. The molecule has 0 fully saturated rings. The normalized spacial score (nSPS) is 10.4. The van der Waals surface area contributed by atoms with Gasteiger partial charge in [0.25, 0.3) is 5.91 Å². The zero-order chi connectivity index (χ0) is 20.6. The zero-order valence-corrected chi connectivity index (χ0v) is 16.2. The summed E-state index contributed by atoms with van der Waals surface area (Å²) in [5, 5.41) is 4.33. The molecule has 7 nitrogen and oxygen atoms in total. The number of pyridine rings is 1. The lowest BCUT2D eigenvalue weighted by Gasteiger charge is -2.17. The average Bonchev–Trinajstić information content (AvgIpc) is 2.74. The van der Waals surface area contributed by atoms with Crippen LogP contribution in [0.4, 0.5) is 11.4 Å². The van der Waals surface area contributed by atoms with Crippen molar-refractivity contribution >= 4 is 35.3 Å². The summed E-state index contributed by atoms with van der Waals surface area (Å²) in [5.74, 6) is -0.270. The lowest BCUT2D eigenvalue weighted by Crippen LogP contribution is -2.22.